The van der Waals surface area contributed by atoms with Crippen LogP contribution in [0.3, 0.4) is 0 Å². The molecule has 164 valence electrons. The second-order valence-corrected chi connectivity index (χ2v) is 8.35. The number of benzene rings is 1. The predicted octanol–water partition coefficient (Wildman–Crippen LogP) is 3.11. The van der Waals surface area contributed by atoms with Crippen molar-refractivity contribution >= 4 is 40.8 Å². The smallest absolute Gasteiger partial charge is 0.325 e. The van der Waals surface area contributed by atoms with Gasteiger partial charge < -0.3 is 15.0 Å². The van der Waals surface area contributed by atoms with Gasteiger partial charge in [0.15, 0.2) is 6.61 Å². The Kier molecular flexibility index (Phi) is 7.41. The van der Waals surface area contributed by atoms with E-state index in [0.717, 1.165) is 11.1 Å². The number of anilines is 1. The maximum atomic E-state index is 12.4. The number of aryl methyl sites for hydroxylation is 1. The quantitative estimate of drug-likeness (QED) is 0.691. The summed E-state index contributed by atoms with van der Waals surface area (Å²) in [6.45, 7) is 4.18. The zero-order chi connectivity index (χ0) is 22.4. The van der Waals surface area contributed by atoms with E-state index in [9.17, 15) is 19.2 Å². The van der Waals surface area contributed by atoms with Crippen LogP contribution in [0.4, 0.5) is 10.5 Å². The number of piperidine rings is 1. The summed E-state index contributed by atoms with van der Waals surface area (Å²) in [6.07, 6.45) is 0.954. The second-order valence-electron chi connectivity index (χ2n) is 7.40. The number of ether oxygens (including phenoxy) is 1. The molecule has 8 nitrogen and oxygen atoms in total. The van der Waals surface area contributed by atoms with Crippen molar-refractivity contribution in [3.63, 3.8) is 0 Å². The molecule has 2 N–H and O–H groups in total. The van der Waals surface area contributed by atoms with Crippen LogP contribution in [0.15, 0.2) is 35.7 Å². The van der Waals surface area contributed by atoms with Crippen LogP contribution >= 0.6 is 11.3 Å². The third kappa shape index (κ3) is 5.91. The van der Waals surface area contributed by atoms with E-state index in [0.29, 0.717) is 36.5 Å². The van der Waals surface area contributed by atoms with E-state index in [1.165, 1.54) is 11.3 Å². The molecule has 0 radical (unpaired) electrons. The van der Waals surface area contributed by atoms with Crippen molar-refractivity contribution in [2.24, 2.45) is 5.92 Å². The number of nitrogens with one attached hydrogen (secondary N) is 2. The van der Waals surface area contributed by atoms with E-state index < -0.39 is 24.5 Å². The minimum atomic E-state index is -0.707. The fourth-order valence-corrected chi connectivity index (χ4v) is 4.02. The largest absolute Gasteiger partial charge is 0.455 e. The molecule has 9 heteroatoms. The lowest BCUT2D eigenvalue weighted by atomic mass is 9.97. The number of amides is 4. The van der Waals surface area contributed by atoms with Crippen molar-refractivity contribution in [2.45, 2.75) is 26.7 Å². The van der Waals surface area contributed by atoms with E-state index in [4.69, 9.17) is 4.74 Å². The number of hydrogen-bond acceptors (Lipinski definition) is 6. The third-order valence-corrected chi connectivity index (χ3v) is 6.16. The molecule has 1 aromatic heterocycles. The normalized spacial score (nSPS) is 14.1. The summed E-state index contributed by atoms with van der Waals surface area (Å²) in [7, 11) is 0. The maximum absolute atomic E-state index is 12.4. The summed E-state index contributed by atoms with van der Waals surface area (Å²) in [5.41, 5.74) is 2.52. The van der Waals surface area contributed by atoms with E-state index >= 15 is 0 Å². The zero-order valence-electron chi connectivity index (χ0n) is 17.5. The topological polar surface area (TPSA) is 105 Å². The van der Waals surface area contributed by atoms with Crippen LogP contribution in [0.5, 0.6) is 0 Å². The molecule has 3 rings (SSSR count). The van der Waals surface area contributed by atoms with Gasteiger partial charge in [-0.2, -0.15) is 0 Å². The molecule has 0 atom stereocenters. The zero-order valence-corrected chi connectivity index (χ0v) is 18.3. The highest BCUT2D eigenvalue weighted by Gasteiger charge is 2.29. The summed E-state index contributed by atoms with van der Waals surface area (Å²) >= 11 is 1.39. The molecule has 31 heavy (non-hydrogen) atoms. The molecule has 2 aromatic rings. The molecule has 1 aromatic carbocycles. The highest BCUT2D eigenvalue weighted by molar-refractivity contribution is 7.12. The Balaban J connectivity index is 1.39. The van der Waals surface area contributed by atoms with Crippen LogP contribution in [0.1, 0.15) is 33.6 Å². The minimum Gasteiger partial charge on any atom is -0.455 e. The van der Waals surface area contributed by atoms with Crippen LogP contribution in [0.25, 0.3) is 0 Å². The van der Waals surface area contributed by atoms with Gasteiger partial charge in [-0.1, -0.05) is 18.2 Å². The minimum absolute atomic E-state index is 0.0314. The number of carbonyl (C=O) groups excluding carboxylic acids is 4. The van der Waals surface area contributed by atoms with Gasteiger partial charge in [-0.25, -0.2) is 4.79 Å². The lowest BCUT2D eigenvalue weighted by molar-refractivity contribution is -0.153. The fraction of sp³-hybridized carbons (Fsp3) is 0.364. The molecule has 0 aliphatic carbocycles. The first-order valence-corrected chi connectivity index (χ1v) is 10.9. The number of carbonyl (C=O) groups is 4. The Bertz CT molecular complexity index is 966. The highest BCUT2D eigenvalue weighted by atomic mass is 32.1. The molecule has 2 heterocycles. The number of esters is 1. The van der Waals surface area contributed by atoms with Gasteiger partial charge in [-0.05, 0) is 55.3 Å². The number of rotatable bonds is 5. The molecule has 0 unspecified atom stereocenters. The van der Waals surface area contributed by atoms with E-state index in [-0.39, 0.29) is 11.8 Å². The SMILES string of the molecule is Cc1cccc(NC(=O)NC(=O)COC(=O)C2CCN(C(=O)c3cccs3)CC2)c1C. The molecule has 0 bridgehead atoms. The Morgan fingerprint density at radius 1 is 1.10 bits per heavy atom. The molecule has 0 spiro atoms. The van der Waals surface area contributed by atoms with Gasteiger partial charge in [-0.15, -0.1) is 11.3 Å². The summed E-state index contributed by atoms with van der Waals surface area (Å²) in [6, 6.07) is 8.39. The first-order valence-electron chi connectivity index (χ1n) is 10.0. The highest BCUT2D eigenvalue weighted by Crippen LogP contribution is 2.22. The van der Waals surface area contributed by atoms with Gasteiger partial charge in [0.2, 0.25) is 0 Å². The van der Waals surface area contributed by atoms with Crippen molar-refractivity contribution in [3.05, 3.63) is 51.7 Å². The first-order chi connectivity index (χ1) is 14.8. The summed E-state index contributed by atoms with van der Waals surface area (Å²) < 4.78 is 5.07. The molecule has 1 fully saturated rings. The average Bonchev–Trinajstić information content (AvgIpc) is 3.30. The van der Waals surface area contributed by atoms with Crippen molar-refractivity contribution in [2.75, 3.05) is 25.0 Å². The van der Waals surface area contributed by atoms with Crippen molar-refractivity contribution in [3.8, 4) is 0 Å². The Morgan fingerprint density at radius 3 is 2.52 bits per heavy atom. The Labute approximate surface area is 184 Å². The molecular formula is C22H25N3O5S. The number of hydrogen-bond donors (Lipinski definition) is 2. The first kappa shape index (κ1) is 22.5. The Hall–Kier alpha value is -3.20. The summed E-state index contributed by atoms with van der Waals surface area (Å²) in [5.74, 6) is -1.60. The summed E-state index contributed by atoms with van der Waals surface area (Å²) in [4.78, 5) is 51.0. The van der Waals surface area contributed by atoms with Crippen LogP contribution in [0, 0.1) is 19.8 Å². The Morgan fingerprint density at radius 2 is 1.84 bits per heavy atom. The average molecular weight is 444 g/mol. The molecule has 1 aliphatic heterocycles. The van der Waals surface area contributed by atoms with Crippen LogP contribution in [-0.4, -0.2) is 48.4 Å². The molecule has 0 saturated carbocycles. The van der Waals surface area contributed by atoms with Gasteiger partial charge in [0, 0.05) is 18.8 Å². The van der Waals surface area contributed by atoms with E-state index in [1.807, 2.05) is 31.4 Å². The number of imide groups is 1. The molecule has 1 saturated heterocycles. The van der Waals surface area contributed by atoms with Gasteiger partial charge >= 0.3 is 12.0 Å². The third-order valence-electron chi connectivity index (χ3n) is 5.30. The molecule has 4 amide bonds. The lowest BCUT2D eigenvalue weighted by Crippen LogP contribution is -2.41. The number of nitrogens with zero attached hydrogens (tertiary/aromatic N) is 1. The van der Waals surface area contributed by atoms with Crippen molar-refractivity contribution in [1.82, 2.24) is 10.2 Å². The van der Waals surface area contributed by atoms with Gasteiger partial charge in [0.25, 0.3) is 11.8 Å². The summed E-state index contributed by atoms with van der Waals surface area (Å²) in [5, 5.41) is 6.62. The number of urea groups is 1. The monoisotopic (exact) mass is 443 g/mol. The van der Waals surface area contributed by atoms with E-state index in [1.54, 1.807) is 23.1 Å². The lowest BCUT2D eigenvalue weighted by Gasteiger charge is -2.30. The van der Waals surface area contributed by atoms with Gasteiger partial charge in [0.05, 0.1) is 10.8 Å². The maximum Gasteiger partial charge on any atom is 0.325 e. The number of likely N-dealkylation sites (tertiary alicyclic amines) is 1. The van der Waals surface area contributed by atoms with Crippen LogP contribution < -0.4 is 10.6 Å². The van der Waals surface area contributed by atoms with Crippen LogP contribution in [-0.2, 0) is 14.3 Å². The molecule has 1 aliphatic rings. The van der Waals surface area contributed by atoms with Crippen molar-refractivity contribution < 1.29 is 23.9 Å². The second kappa shape index (κ2) is 10.2. The molecular weight excluding hydrogens is 418 g/mol. The van der Waals surface area contributed by atoms with Gasteiger partial charge in [0.1, 0.15) is 0 Å². The van der Waals surface area contributed by atoms with Gasteiger partial charge in [-0.3, -0.25) is 19.7 Å². The fourth-order valence-electron chi connectivity index (χ4n) is 3.33. The predicted molar refractivity (Wildman–Crippen MR) is 117 cm³/mol. The van der Waals surface area contributed by atoms with E-state index in [2.05, 4.69) is 10.6 Å². The standard InChI is InChI=1S/C22H25N3O5S/c1-14-5-3-6-17(15(14)2)23-22(29)24-19(26)13-30-21(28)16-8-10-25(11-9-16)20(27)18-7-4-12-31-18/h3-7,12,16H,8-11,13H2,1-2H3,(H2,23,24,26,29). The van der Waals surface area contributed by atoms with Crippen LogP contribution in [0.2, 0.25) is 0 Å². The van der Waals surface area contributed by atoms with Crippen molar-refractivity contribution in [1.29, 1.82) is 0 Å². The number of thiophene rings is 1.